The fourth-order valence-electron chi connectivity index (χ4n) is 3.43. The van der Waals surface area contributed by atoms with Gasteiger partial charge >= 0.3 is 0 Å². The number of carbonyl (C=O) groups excluding carboxylic acids is 1. The monoisotopic (exact) mass is 393 g/mol. The van der Waals surface area contributed by atoms with Crippen LogP contribution in [0, 0.1) is 13.8 Å². The molecular formula is C23H27N3O3. The zero-order chi connectivity index (χ0) is 20.8. The van der Waals surface area contributed by atoms with E-state index in [0.29, 0.717) is 30.9 Å². The molecule has 6 heteroatoms. The molecule has 2 aromatic carbocycles. The Labute approximate surface area is 171 Å². The van der Waals surface area contributed by atoms with Crippen LogP contribution >= 0.6 is 0 Å². The van der Waals surface area contributed by atoms with Gasteiger partial charge in [-0.1, -0.05) is 30.3 Å². The number of hydrogen-bond acceptors (Lipinski definition) is 4. The van der Waals surface area contributed by atoms with Crippen LogP contribution in [0.4, 0.5) is 0 Å². The van der Waals surface area contributed by atoms with Crippen LogP contribution in [0.5, 0.6) is 11.5 Å². The molecule has 29 heavy (non-hydrogen) atoms. The average Bonchev–Trinajstić information content (AvgIpc) is 3.04. The lowest BCUT2D eigenvalue weighted by Gasteiger charge is -2.12. The van der Waals surface area contributed by atoms with Gasteiger partial charge in [-0.25, -0.2) is 4.68 Å². The number of methoxy groups -OCH3 is 2. The molecule has 0 atom stereocenters. The van der Waals surface area contributed by atoms with E-state index in [0.717, 1.165) is 28.2 Å². The predicted molar refractivity (Wildman–Crippen MR) is 113 cm³/mol. The van der Waals surface area contributed by atoms with Gasteiger partial charge in [-0.05, 0) is 44.0 Å². The molecule has 0 bridgehead atoms. The van der Waals surface area contributed by atoms with Crippen molar-refractivity contribution < 1.29 is 14.3 Å². The van der Waals surface area contributed by atoms with Gasteiger partial charge in [0.2, 0.25) is 5.91 Å². The molecule has 0 spiro atoms. The van der Waals surface area contributed by atoms with Crippen molar-refractivity contribution >= 4 is 5.91 Å². The van der Waals surface area contributed by atoms with Crippen molar-refractivity contribution in [2.75, 3.05) is 14.2 Å². The number of ether oxygens (including phenoxy) is 2. The van der Waals surface area contributed by atoms with Crippen molar-refractivity contribution in [2.24, 2.45) is 0 Å². The first-order valence-corrected chi connectivity index (χ1v) is 9.62. The summed E-state index contributed by atoms with van der Waals surface area (Å²) in [6.07, 6.45) is 0.946. The molecule has 1 heterocycles. The number of carbonyl (C=O) groups is 1. The van der Waals surface area contributed by atoms with E-state index in [1.165, 1.54) is 0 Å². The molecule has 1 aromatic heterocycles. The van der Waals surface area contributed by atoms with Crippen LogP contribution in [-0.2, 0) is 17.8 Å². The van der Waals surface area contributed by atoms with E-state index in [1.807, 2.05) is 67.1 Å². The second-order valence-electron chi connectivity index (χ2n) is 6.83. The quantitative estimate of drug-likeness (QED) is 0.633. The summed E-state index contributed by atoms with van der Waals surface area (Å²) in [6, 6.07) is 15.7. The van der Waals surface area contributed by atoms with Gasteiger partial charge in [-0.2, -0.15) is 5.10 Å². The smallest absolute Gasteiger partial charge is 0.220 e. The third-order valence-electron chi connectivity index (χ3n) is 5.01. The maximum Gasteiger partial charge on any atom is 0.220 e. The van der Waals surface area contributed by atoms with Crippen LogP contribution in [0.1, 0.15) is 28.9 Å². The van der Waals surface area contributed by atoms with Crippen LogP contribution in [0.25, 0.3) is 5.69 Å². The minimum Gasteiger partial charge on any atom is -0.493 e. The topological polar surface area (TPSA) is 65.4 Å². The lowest BCUT2D eigenvalue weighted by molar-refractivity contribution is -0.121. The highest BCUT2D eigenvalue weighted by Crippen LogP contribution is 2.31. The van der Waals surface area contributed by atoms with Crippen LogP contribution in [0.2, 0.25) is 0 Å². The van der Waals surface area contributed by atoms with Crippen LogP contribution in [0.3, 0.4) is 0 Å². The average molecular weight is 393 g/mol. The van der Waals surface area contributed by atoms with Gasteiger partial charge < -0.3 is 14.8 Å². The molecule has 3 rings (SSSR count). The minimum atomic E-state index is -0.0128. The third kappa shape index (κ3) is 4.59. The highest BCUT2D eigenvalue weighted by atomic mass is 16.5. The van der Waals surface area contributed by atoms with E-state index in [9.17, 15) is 4.79 Å². The highest BCUT2D eigenvalue weighted by molar-refractivity contribution is 5.76. The van der Waals surface area contributed by atoms with Gasteiger partial charge in [-0.15, -0.1) is 0 Å². The largest absolute Gasteiger partial charge is 0.493 e. The van der Waals surface area contributed by atoms with E-state index in [2.05, 4.69) is 10.4 Å². The molecule has 0 aliphatic carbocycles. The summed E-state index contributed by atoms with van der Waals surface area (Å²) in [7, 11) is 3.21. The Balaban J connectivity index is 1.63. The Kier molecular flexibility index (Phi) is 6.54. The molecule has 0 aliphatic heterocycles. The number of amides is 1. The highest BCUT2D eigenvalue weighted by Gasteiger charge is 2.15. The van der Waals surface area contributed by atoms with E-state index in [1.54, 1.807) is 14.2 Å². The normalized spacial score (nSPS) is 10.6. The standard InChI is InChI=1S/C23H27N3O3/c1-16-20(17(2)26(25-16)19-10-6-5-7-11-19)15-24-22(27)14-13-18-9-8-12-21(28-3)23(18)29-4/h5-12H,13-15H2,1-4H3,(H,24,27). The van der Waals surface area contributed by atoms with Gasteiger partial charge in [0.05, 0.1) is 25.6 Å². The molecule has 0 unspecified atom stereocenters. The first kappa shape index (κ1) is 20.5. The third-order valence-corrected chi connectivity index (χ3v) is 5.01. The molecule has 3 aromatic rings. The molecule has 0 radical (unpaired) electrons. The Hall–Kier alpha value is -3.28. The molecule has 1 amide bonds. The van der Waals surface area contributed by atoms with Gasteiger partial charge in [0, 0.05) is 24.2 Å². The Bertz CT molecular complexity index is 981. The molecule has 0 saturated carbocycles. The zero-order valence-corrected chi connectivity index (χ0v) is 17.4. The second kappa shape index (κ2) is 9.28. The number of nitrogens with one attached hydrogen (secondary N) is 1. The fourth-order valence-corrected chi connectivity index (χ4v) is 3.43. The van der Waals surface area contributed by atoms with Gasteiger partial charge in [-0.3, -0.25) is 4.79 Å². The summed E-state index contributed by atoms with van der Waals surface area (Å²) in [5.41, 5.74) is 4.95. The summed E-state index contributed by atoms with van der Waals surface area (Å²) >= 11 is 0. The van der Waals surface area contributed by atoms with Crippen LogP contribution < -0.4 is 14.8 Å². The van der Waals surface area contributed by atoms with Gasteiger partial charge in [0.1, 0.15) is 0 Å². The molecule has 0 fully saturated rings. The SMILES string of the molecule is COc1cccc(CCC(=O)NCc2c(C)nn(-c3ccccc3)c2C)c1OC. The molecule has 1 N–H and O–H groups in total. The molecule has 152 valence electrons. The van der Waals surface area contributed by atoms with Gasteiger partial charge in [0.25, 0.3) is 0 Å². The fraction of sp³-hybridized carbons (Fsp3) is 0.304. The van der Waals surface area contributed by atoms with E-state index >= 15 is 0 Å². The summed E-state index contributed by atoms with van der Waals surface area (Å²) in [6.45, 7) is 4.45. The molecule has 0 aliphatic rings. The molecular weight excluding hydrogens is 366 g/mol. The van der Waals surface area contributed by atoms with Crippen molar-refractivity contribution in [1.29, 1.82) is 0 Å². The zero-order valence-electron chi connectivity index (χ0n) is 17.4. The Morgan fingerprint density at radius 2 is 1.79 bits per heavy atom. The summed E-state index contributed by atoms with van der Waals surface area (Å²) in [5, 5.41) is 7.65. The first-order valence-electron chi connectivity index (χ1n) is 9.62. The van der Waals surface area contributed by atoms with Crippen molar-refractivity contribution in [3.8, 4) is 17.2 Å². The van der Waals surface area contributed by atoms with Crippen LogP contribution in [-0.4, -0.2) is 29.9 Å². The maximum absolute atomic E-state index is 12.4. The van der Waals surface area contributed by atoms with E-state index in [4.69, 9.17) is 9.47 Å². The number of para-hydroxylation sites is 2. The number of aryl methyl sites for hydroxylation is 2. The summed E-state index contributed by atoms with van der Waals surface area (Å²) in [4.78, 5) is 12.4. The number of aromatic nitrogens is 2. The Morgan fingerprint density at radius 1 is 1.03 bits per heavy atom. The van der Waals surface area contributed by atoms with Gasteiger partial charge in [0.15, 0.2) is 11.5 Å². The number of rotatable bonds is 8. The molecule has 6 nitrogen and oxygen atoms in total. The lowest BCUT2D eigenvalue weighted by atomic mass is 10.1. The van der Waals surface area contributed by atoms with Crippen LogP contribution in [0.15, 0.2) is 48.5 Å². The van der Waals surface area contributed by atoms with Crippen molar-refractivity contribution in [2.45, 2.75) is 33.2 Å². The lowest BCUT2D eigenvalue weighted by Crippen LogP contribution is -2.23. The first-order chi connectivity index (χ1) is 14.0. The van der Waals surface area contributed by atoms with E-state index in [-0.39, 0.29) is 5.91 Å². The van der Waals surface area contributed by atoms with E-state index < -0.39 is 0 Å². The summed E-state index contributed by atoms with van der Waals surface area (Å²) < 4.78 is 12.7. The van der Waals surface area contributed by atoms with Crippen molar-refractivity contribution in [3.05, 3.63) is 71.0 Å². The minimum absolute atomic E-state index is 0.0128. The molecule has 0 saturated heterocycles. The van der Waals surface area contributed by atoms with Crippen molar-refractivity contribution in [1.82, 2.24) is 15.1 Å². The van der Waals surface area contributed by atoms with Crippen molar-refractivity contribution in [3.63, 3.8) is 0 Å². The Morgan fingerprint density at radius 3 is 2.48 bits per heavy atom. The number of benzene rings is 2. The maximum atomic E-state index is 12.4. The summed E-state index contributed by atoms with van der Waals surface area (Å²) in [5.74, 6) is 1.34. The predicted octanol–water partition coefficient (Wildman–Crippen LogP) is 3.76. The second-order valence-corrected chi connectivity index (χ2v) is 6.83. The number of nitrogens with zero attached hydrogens (tertiary/aromatic N) is 2. The number of hydrogen-bond donors (Lipinski definition) is 1.